The van der Waals surface area contributed by atoms with E-state index in [0.717, 1.165) is 6.42 Å². The third-order valence-electron chi connectivity index (χ3n) is 2.29. The Balaban J connectivity index is 2.93. The van der Waals surface area contributed by atoms with E-state index in [9.17, 15) is 4.79 Å². The molecule has 70 valence electrons. The highest BCUT2D eigenvalue weighted by atomic mass is 16.1. The minimum atomic E-state index is -0.337. The van der Waals surface area contributed by atoms with Crippen LogP contribution < -0.4 is 0 Å². The van der Waals surface area contributed by atoms with Crippen LogP contribution in [0, 0.1) is 5.41 Å². The SMILES string of the molecule is CCC(C)(C)C(=O)c1cnccn1. The van der Waals surface area contributed by atoms with Crippen molar-refractivity contribution in [3.63, 3.8) is 0 Å². The fourth-order valence-electron chi connectivity index (χ4n) is 0.924. The third kappa shape index (κ3) is 2.11. The van der Waals surface area contributed by atoms with Gasteiger partial charge in [-0.15, -0.1) is 0 Å². The molecule has 1 heterocycles. The van der Waals surface area contributed by atoms with Crippen molar-refractivity contribution < 1.29 is 4.79 Å². The quantitative estimate of drug-likeness (QED) is 0.665. The number of carbonyl (C=O) groups excluding carboxylic acids is 1. The molecular weight excluding hydrogens is 164 g/mol. The van der Waals surface area contributed by atoms with Crippen LogP contribution in [0.25, 0.3) is 0 Å². The fraction of sp³-hybridized carbons (Fsp3) is 0.500. The zero-order chi connectivity index (χ0) is 9.90. The van der Waals surface area contributed by atoms with Gasteiger partial charge in [0, 0.05) is 17.8 Å². The molecule has 0 aliphatic rings. The van der Waals surface area contributed by atoms with E-state index in [0.29, 0.717) is 5.69 Å². The number of ketones is 1. The Morgan fingerprint density at radius 2 is 2.15 bits per heavy atom. The largest absolute Gasteiger partial charge is 0.292 e. The monoisotopic (exact) mass is 178 g/mol. The Bertz CT molecular complexity index is 293. The first kappa shape index (κ1) is 9.84. The number of carbonyl (C=O) groups is 1. The summed E-state index contributed by atoms with van der Waals surface area (Å²) in [5.41, 5.74) is 0.116. The van der Waals surface area contributed by atoms with Gasteiger partial charge in [0.15, 0.2) is 5.78 Å². The lowest BCUT2D eigenvalue weighted by molar-refractivity contribution is 0.0827. The molecule has 1 aromatic rings. The van der Waals surface area contributed by atoms with E-state index < -0.39 is 0 Å². The maximum absolute atomic E-state index is 11.8. The van der Waals surface area contributed by atoms with Crippen LogP contribution in [0.2, 0.25) is 0 Å². The van der Waals surface area contributed by atoms with Gasteiger partial charge in [0.25, 0.3) is 0 Å². The van der Waals surface area contributed by atoms with Crippen LogP contribution in [0.5, 0.6) is 0 Å². The Morgan fingerprint density at radius 3 is 2.62 bits per heavy atom. The molecular formula is C10H14N2O. The number of rotatable bonds is 3. The van der Waals surface area contributed by atoms with Gasteiger partial charge >= 0.3 is 0 Å². The molecule has 1 rings (SSSR count). The Labute approximate surface area is 78.2 Å². The van der Waals surface area contributed by atoms with E-state index in [-0.39, 0.29) is 11.2 Å². The first-order chi connectivity index (χ1) is 6.08. The predicted molar refractivity (Wildman–Crippen MR) is 50.4 cm³/mol. The van der Waals surface area contributed by atoms with Gasteiger partial charge in [0.2, 0.25) is 0 Å². The Kier molecular flexibility index (Phi) is 2.76. The van der Waals surface area contributed by atoms with Crippen LogP contribution in [0.1, 0.15) is 37.7 Å². The van der Waals surface area contributed by atoms with Gasteiger partial charge in [0.1, 0.15) is 5.69 Å². The number of Topliss-reactive ketones (excluding diaryl/α,β-unsaturated/α-hetero) is 1. The van der Waals surface area contributed by atoms with Crippen molar-refractivity contribution in [2.75, 3.05) is 0 Å². The molecule has 0 saturated carbocycles. The van der Waals surface area contributed by atoms with Gasteiger partial charge in [-0.3, -0.25) is 9.78 Å². The topological polar surface area (TPSA) is 42.9 Å². The van der Waals surface area contributed by atoms with Crippen LogP contribution >= 0.6 is 0 Å². The van der Waals surface area contributed by atoms with Crippen LogP contribution in [0.3, 0.4) is 0 Å². The summed E-state index contributed by atoms with van der Waals surface area (Å²) >= 11 is 0. The average molecular weight is 178 g/mol. The minimum absolute atomic E-state index is 0.0584. The molecule has 0 bridgehead atoms. The van der Waals surface area contributed by atoms with E-state index >= 15 is 0 Å². The van der Waals surface area contributed by atoms with Gasteiger partial charge in [0.05, 0.1) is 6.20 Å². The third-order valence-corrected chi connectivity index (χ3v) is 2.29. The number of aromatic nitrogens is 2. The van der Waals surface area contributed by atoms with Crippen molar-refractivity contribution in [1.29, 1.82) is 0 Å². The van der Waals surface area contributed by atoms with Gasteiger partial charge in [-0.1, -0.05) is 20.8 Å². The summed E-state index contributed by atoms with van der Waals surface area (Å²) in [7, 11) is 0. The Morgan fingerprint density at radius 1 is 1.46 bits per heavy atom. The summed E-state index contributed by atoms with van der Waals surface area (Å²) in [5, 5.41) is 0. The summed E-state index contributed by atoms with van der Waals surface area (Å²) in [6.45, 7) is 5.84. The standard InChI is InChI=1S/C10H14N2O/c1-4-10(2,3)9(13)8-7-11-5-6-12-8/h5-7H,4H2,1-3H3. The highest BCUT2D eigenvalue weighted by molar-refractivity contribution is 5.98. The molecule has 1 aromatic heterocycles. The first-order valence-electron chi connectivity index (χ1n) is 4.38. The lowest BCUT2D eigenvalue weighted by Gasteiger charge is -2.19. The average Bonchev–Trinajstić information content (AvgIpc) is 2.18. The predicted octanol–water partition coefficient (Wildman–Crippen LogP) is 2.10. The molecule has 0 aliphatic heterocycles. The summed E-state index contributed by atoms with van der Waals surface area (Å²) in [6.07, 6.45) is 5.43. The summed E-state index contributed by atoms with van der Waals surface area (Å²) in [6, 6.07) is 0. The van der Waals surface area contributed by atoms with E-state index in [1.54, 1.807) is 12.4 Å². The molecule has 0 amide bonds. The van der Waals surface area contributed by atoms with Crippen LogP contribution in [0.4, 0.5) is 0 Å². The number of nitrogens with zero attached hydrogens (tertiary/aromatic N) is 2. The summed E-state index contributed by atoms with van der Waals surface area (Å²) < 4.78 is 0. The number of hydrogen-bond acceptors (Lipinski definition) is 3. The van der Waals surface area contributed by atoms with Gasteiger partial charge in [-0.2, -0.15) is 0 Å². The van der Waals surface area contributed by atoms with Gasteiger partial charge in [-0.25, -0.2) is 4.98 Å². The van der Waals surface area contributed by atoms with Gasteiger partial charge in [-0.05, 0) is 6.42 Å². The molecule has 0 saturated heterocycles. The summed E-state index contributed by atoms with van der Waals surface area (Å²) in [5.74, 6) is 0.0584. The minimum Gasteiger partial charge on any atom is -0.292 e. The zero-order valence-electron chi connectivity index (χ0n) is 8.24. The van der Waals surface area contributed by atoms with Crippen molar-refractivity contribution in [2.45, 2.75) is 27.2 Å². The molecule has 0 radical (unpaired) electrons. The van der Waals surface area contributed by atoms with Crippen molar-refractivity contribution in [3.05, 3.63) is 24.3 Å². The second-order valence-electron chi connectivity index (χ2n) is 3.66. The second kappa shape index (κ2) is 3.64. The molecule has 0 N–H and O–H groups in total. The smallest absolute Gasteiger partial charge is 0.188 e. The molecule has 0 fully saturated rings. The molecule has 13 heavy (non-hydrogen) atoms. The molecule has 0 atom stereocenters. The molecule has 0 spiro atoms. The highest BCUT2D eigenvalue weighted by Crippen LogP contribution is 2.23. The van der Waals surface area contributed by atoms with Crippen LogP contribution in [-0.4, -0.2) is 15.8 Å². The summed E-state index contributed by atoms with van der Waals surface area (Å²) in [4.78, 5) is 19.6. The van der Waals surface area contributed by atoms with Crippen molar-refractivity contribution in [2.24, 2.45) is 5.41 Å². The van der Waals surface area contributed by atoms with Crippen molar-refractivity contribution in [3.8, 4) is 0 Å². The molecule has 3 heteroatoms. The van der Waals surface area contributed by atoms with E-state index in [1.165, 1.54) is 6.20 Å². The van der Waals surface area contributed by atoms with E-state index in [2.05, 4.69) is 9.97 Å². The highest BCUT2D eigenvalue weighted by Gasteiger charge is 2.27. The second-order valence-corrected chi connectivity index (χ2v) is 3.66. The lowest BCUT2D eigenvalue weighted by Crippen LogP contribution is -2.24. The maximum atomic E-state index is 11.8. The van der Waals surface area contributed by atoms with E-state index in [1.807, 2.05) is 20.8 Å². The fourth-order valence-corrected chi connectivity index (χ4v) is 0.924. The first-order valence-corrected chi connectivity index (χ1v) is 4.38. The normalized spacial score (nSPS) is 11.3. The van der Waals surface area contributed by atoms with Crippen LogP contribution in [0.15, 0.2) is 18.6 Å². The van der Waals surface area contributed by atoms with Gasteiger partial charge < -0.3 is 0 Å². The number of hydrogen-bond donors (Lipinski definition) is 0. The van der Waals surface area contributed by atoms with E-state index in [4.69, 9.17) is 0 Å². The Hall–Kier alpha value is -1.25. The lowest BCUT2D eigenvalue weighted by atomic mass is 9.84. The maximum Gasteiger partial charge on any atom is 0.188 e. The van der Waals surface area contributed by atoms with Crippen molar-refractivity contribution >= 4 is 5.78 Å². The molecule has 0 aliphatic carbocycles. The molecule has 0 unspecified atom stereocenters. The molecule has 3 nitrogen and oxygen atoms in total. The zero-order valence-corrected chi connectivity index (χ0v) is 8.24. The molecule has 0 aromatic carbocycles. The van der Waals surface area contributed by atoms with Crippen LogP contribution in [-0.2, 0) is 0 Å². The van der Waals surface area contributed by atoms with Crippen molar-refractivity contribution in [1.82, 2.24) is 9.97 Å².